The first-order valence-corrected chi connectivity index (χ1v) is 8.82. The molecule has 0 N–H and O–H groups in total. The summed E-state index contributed by atoms with van der Waals surface area (Å²) in [4.78, 5) is 12.6. The molecule has 4 bridgehead atoms. The number of hydrogen-bond acceptors (Lipinski definition) is 2. The van der Waals surface area contributed by atoms with Gasteiger partial charge in [0.25, 0.3) is 0 Å². The van der Waals surface area contributed by atoms with E-state index in [-0.39, 0.29) is 23.5 Å². The molecule has 1 aromatic rings. The first kappa shape index (κ1) is 15.2. The molecule has 0 amide bonds. The molecule has 2 unspecified atom stereocenters. The predicted octanol–water partition coefficient (Wildman–Crippen LogP) is 4.28. The second kappa shape index (κ2) is 5.32. The number of carbonyl (C=O) groups excluding carboxylic acids is 1. The molecule has 1 aromatic carbocycles. The average molecular weight is 316 g/mol. The minimum Gasteiger partial charge on any atom is -0.469 e. The van der Waals surface area contributed by atoms with Crippen LogP contribution in [0.25, 0.3) is 0 Å². The van der Waals surface area contributed by atoms with Gasteiger partial charge >= 0.3 is 5.97 Å². The zero-order chi connectivity index (χ0) is 16.1. The fourth-order valence-corrected chi connectivity index (χ4v) is 6.43. The Labute approximate surface area is 137 Å². The second-order valence-corrected chi connectivity index (χ2v) is 8.07. The van der Waals surface area contributed by atoms with Crippen LogP contribution < -0.4 is 0 Å². The molecule has 2 nitrogen and oxygen atoms in total. The molecule has 0 aliphatic heterocycles. The van der Waals surface area contributed by atoms with E-state index in [1.165, 1.54) is 12.7 Å². The number of alkyl halides is 1. The normalized spacial score (nSPS) is 41.0. The quantitative estimate of drug-likeness (QED) is 0.775. The third-order valence-corrected chi connectivity index (χ3v) is 6.95. The molecule has 4 saturated carbocycles. The van der Waals surface area contributed by atoms with Gasteiger partial charge in [-0.1, -0.05) is 30.3 Å². The van der Waals surface area contributed by atoms with Crippen LogP contribution >= 0.6 is 0 Å². The van der Waals surface area contributed by atoms with Gasteiger partial charge in [0.15, 0.2) is 0 Å². The van der Waals surface area contributed by atoms with Crippen molar-refractivity contribution in [2.45, 2.75) is 43.9 Å². The molecule has 0 spiro atoms. The maximum absolute atomic E-state index is 13.0. The van der Waals surface area contributed by atoms with Gasteiger partial charge in [-0.25, -0.2) is 0 Å². The minimum atomic E-state index is -0.330. The molecule has 4 aliphatic rings. The van der Waals surface area contributed by atoms with Gasteiger partial charge in [0.1, 0.15) is 0 Å². The number of carbonyl (C=O) groups is 1. The Bertz CT molecular complexity index is 581. The summed E-state index contributed by atoms with van der Waals surface area (Å²) >= 11 is 0. The van der Waals surface area contributed by atoms with Crippen molar-refractivity contribution in [3.8, 4) is 0 Å². The van der Waals surface area contributed by atoms with Gasteiger partial charge in [-0.2, -0.15) is 0 Å². The molecule has 4 fully saturated rings. The van der Waals surface area contributed by atoms with E-state index in [0.29, 0.717) is 24.2 Å². The molecule has 0 heterocycles. The van der Waals surface area contributed by atoms with Crippen LogP contribution in [-0.4, -0.2) is 19.8 Å². The molecule has 124 valence electrons. The zero-order valence-corrected chi connectivity index (χ0v) is 13.8. The molecule has 5 rings (SSSR count). The summed E-state index contributed by atoms with van der Waals surface area (Å²) < 4.78 is 18.2. The van der Waals surface area contributed by atoms with Gasteiger partial charge < -0.3 is 4.74 Å². The summed E-state index contributed by atoms with van der Waals surface area (Å²) in [5.74, 6) is 1.35. The van der Waals surface area contributed by atoms with E-state index in [9.17, 15) is 9.18 Å². The van der Waals surface area contributed by atoms with Gasteiger partial charge in [-0.05, 0) is 67.3 Å². The molecule has 3 heteroatoms. The van der Waals surface area contributed by atoms with E-state index in [4.69, 9.17) is 4.74 Å². The van der Waals surface area contributed by atoms with Crippen LogP contribution in [0.4, 0.5) is 4.39 Å². The number of rotatable bonds is 4. The Morgan fingerprint density at radius 1 is 1.17 bits per heavy atom. The lowest BCUT2D eigenvalue weighted by molar-refractivity contribution is -0.178. The largest absolute Gasteiger partial charge is 0.469 e. The Hall–Kier alpha value is -1.38. The van der Waals surface area contributed by atoms with Crippen molar-refractivity contribution >= 4 is 5.97 Å². The highest BCUT2D eigenvalue weighted by molar-refractivity contribution is 5.78. The Kier molecular flexibility index (Phi) is 3.51. The summed E-state index contributed by atoms with van der Waals surface area (Å²) in [6.07, 6.45) is 5.59. The van der Waals surface area contributed by atoms with E-state index in [2.05, 4.69) is 24.3 Å². The highest BCUT2D eigenvalue weighted by Crippen LogP contribution is 2.68. The molecule has 0 aromatic heterocycles. The number of esters is 1. The van der Waals surface area contributed by atoms with Crippen molar-refractivity contribution in [2.24, 2.45) is 23.2 Å². The number of ether oxygens (including phenoxy) is 1. The third-order valence-electron chi connectivity index (χ3n) is 6.95. The van der Waals surface area contributed by atoms with Crippen LogP contribution in [0, 0.1) is 23.2 Å². The van der Waals surface area contributed by atoms with Crippen molar-refractivity contribution in [3.63, 3.8) is 0 Å². The molecule has 4 aliphatic carbocycles. The van der Waals surface area contributed by atoms with Crippen molar-refractivity contribution in [3.05, 3.63) is 35.9 Å². The smallest absolute Gasteiger partial charge is 0.311 e. The minimum absolute atomic E-state index is 0.0362. The van der Waals surface area contributed by atoms with Crippen LogP contribution in [0.5, 0.6) is 0 Å². The van der Waals surface area contributed by atoms with Gasteiger partial charge in [-0.3, -0.25) is 9.18 Å². The highest BCUT2D eigenvalue weighted by Gasteiger charge is 2.64. The molecule has 0 radical (unpaired) electrons. The van der Waals surface area contributed by atoms with Crippen molar-refractivity contribution in [1.82, 2.24) is 0 Å². The van der Waals surface area contributed by atoms with Crippen LogP contribution in [0.2, 0.25) is 0 Å². The second-order valence-electron chi connectivity index (χ2n) is 8.07. The SMILES string of the molecule is COC(=O)C12CC3CC(c4ccccc4)(CC(C1)C3CCF)C2. The Morgan fingerprint density at radius 2 is 1.83 bits per heavy atom. The fourth-order valence-electron chi connectivity index (χ4n) is 6.43. The van der Waals surface area contributed by atoms with E-state index in [1.54, 1.807) is 0 Å². The van der Waals surface area contributed by atoms with E-state index < -0.39 is 0 Å². The maximum atomic E-state index is 13.0. The van der Waals surface area contributed by atoms with E-state index in [1.807, 2.05) is 6.07 Å². The summed E-state index contributed by atoms with van der Waals surface area (Å²) in [7, 11) is 1.51. The standard InChI is InChI=1S/C20H25FO2/c1-23-18(22)20-11-14-9-19(13-20,16-5-3-2-4-6-16)10-15(12-20)17(14)7-8-21/h2-6,14-15,17H,7-13H2,1H3. The van der Waals surface area contributed by atoms with Gasteiger partial charge in [-0.15, -0.1) is 0 Å². The fraction of sp³-hybridized carbons (Fsp3) is 0.650. The van der Waals surface area contributed by atoms with Crippen molar-refractivity contribution < 1.29 is 13.9 Å². The summed E-state index contributed by atoms with van der Waals surface area (Å²) in [5, 5.41) is 0. The van der Waals surface area contributed by atoms with Crippen LogP contribution in [-0.2, 0) is 14.9 Å². The van der Waals surface area contributed by atoms with E-state index >= 15 is 0 Å². The maximum Gasteiger partial charge on any atom is 0.311 e. The number of halogens is 1. The number of hydrogen-bond donors (Lipinski definition) is 0. The first-order valence-electron chi connectivity index (χ1n) is 8.82. The molecule has 23 heavy (non-hydrogen) atoms. The predicted molar refractivity (Wildman–Crippen MR) is 86.7 cm³/mol. The lowest BCUT2D eigenvalue weighted by Gasteiger charge is -2.64. The summed E-state index contributed by atoms with van der Waals surface area (Å²) in [5.41, 5.74) is 1.12. The topological polar surface area (TPSA) is 26.3 Å². The van der Waals surface area contributed by atoms with Gasteiger partial charge in [0.05, 0.1) is 19.2 Å². The molecular formula is C20H25FO2. The Morgan fingerprint density at radius 3 is 2.39 bits per heavy atom. The number of methoxy groups -OCH3 is 1. The Balaban J connectivity index is 1.75. The lowest BCUT2D eigenvalue weighted by Crippen LogP contribution is -2.60. The van der Waals surface area contributed by atoms with Crippen molar-refractivity contribution in [1.29, 1.82) is 0 Å². The van der Waals surface area contributed by atoms with Crippen LogP contribution in [0.3, 0.4) is 0 Å². The molecule has 2 atom stereocenters. The van der Waals surface area contributed by atoms with Crippen LogP contribution in [0.1, 0.15) is 44.1 Å². The lowest BCUT2D eigenvalue weighted by atomic mass is 9.40. The molecular weight excluding hydrogens is 291 g/mol. The van der Waals surface area contributed by atoms with Crippen LogP contribution in [0.15, 0.2) is 30.3 Å². The highest BCUT2D eigenvalue weighted by atomic mass is 19.1. The molecule has 0 saturated heterocycles. The average Bonchev–Trinajstić information content (AvgIpc) is 2.57. The monoisotopic (exact) mass is 316 g/mol. The van der Waals surface area contributed by atoms with Gasteiger partial charge in [0, 0.05) is 0 Å². The zero-order valence-electron chi connectivity index (χ0n) is 13.8. The first-order chi connectivity index (χ1) is 11.1. The van der Waals surface area contributed by atoms with Crippen molar-refractivity contribution in [2.75, 3.05) is 13.8 Å². The summed E-state index contributed by atoms with van der Waals surface area (Å²) in [6, 6.07) is 10.7. The van der Waals surface area contributed by atoms with Gasteiger partial charge in [0.2, 0.25) is 0 Å². The number of benzene rings is 1. The van der Waals surface area contributed by atoms with E-state index in [0.717, 1.165) is 32.1 Å². The summed E-state index contributed by atoms with van der Waals surface area (Å²) in [6.45, 7) is -0.235. The third kappa shape index (κ3) is 2.15.